The van der Waals surface area contributed by atoms with E-state index in [0.717, 1.165) is 4.47 Å². The number of benzene rings is 2. The lowest BCUT2D eigenvalue weighted by Gasteiger charge is -2.19. The largest absolute Gasteiger partial charge is 0.486 e. The quantitative estimate of drug-likeness (QED) is 0.487. The highest BCUT2D eigenvalue weighted by molar-refractivity contribution is 9.10. The summed E-state index contributed by atoms with van der Waals surface area (Å²) in [5.41, 5.74) is 3.42. The number of hydrazone groups is 1. The number of halogens is 1. The first-order valence-corrected chi connectivity index (χ1v) is 9.69. The molecule has 9 heteroatoms. The van der Waals surface area contributed by atoms with Crippen LogP contribution in [-0.2, 0) is 9.59 Å². The zero-order chi connectivity index (χ0) is 20.6. The van der Waals surface area contributed by atoms with Crippen LogP contribution in [0.4, 0.5) is 5.69 Å². The van der Waals surface area contributed by atoms with Crippen LogP contribution in [-0.4, -0.2) is 37.3 Å². The van der Waals surface area contributed by atoms with Crippen LogP contribution in [0.3, 0.4) is 0 Å². The number of carbonyl (C=O) groups is 2. The zero-order valence-corrected chi connectivity index (χ0v) is 17.3. The Morgan fingerprint density at radius 3 is 2.55 bits per heavy atom. The van der Waals surface area contributed by atoms with Crippen molar-refractivity contribution in [1.29, 1.82) is 0 Å². The average molecular weight is 462 g/mol. The molecule has 0 radical (unpaired) electrons. The van der Waals surface area contributed by atoms with Gasteiger partial charge in [-0.3, -0.25) is 9.59 Å². The van der Waals surface area contributed by atoms with Gasteiger partial charge in [-0.2, -0.15) is 5.10 Å². The molecule has 152 valence electrons. The predicted octanol–water partition coefficient (Wildman–Crippen LogP) is 3.12. The maximum atomic E-state index is 12.2. The normalized spacial score (nSPS) is 12.8. The van der Waals surface area contributed by atoms with Crippen molar-refractivity contribution in [2.45, 2.75) is 13.3 Å². The second kappa shape index (κ2) is 9.92. The number of anilines is 1. The van der Waals surface area contributed by atoms with Crippen molar-refractivity contribution < 1.29 is 23.8 Å². The van der Waals surface area contributed by atoms with E-state index in [1.807, 2.05) is 12.1 Å². The van der Waals surface area contributed by atoms with E-state index in [1.165, 1.54) is 0 Å². The summed E-state index contributed by atoms with van der Waals surface area (Å²) in [4.78, 5) is 24.0. The van der Waals surface area contributed by atoms with Crippen molar-refractivity contribution in [2.75, 3.05) is 25.1 Å². The summed E-state index contributed by atoms with van der Waals surface area (Å²) in [5.74, 6) is 1.14. The van der Waals surface area contributed by atoms with Crippen LogP contribution in [0.5, 0.6) is 17.2 Å². The zero-order valence-electron chi connectivity index (χ0n) is 15.7. The van der Waals surface area contributed by atoms with Gasteiger partial charge < -0.3 is 19.5 Å². The highest BCUT2D eigenvalue weighted by Gasteiger charge is 2.13. The number of nitrogens with zero attached hydrogens (tertiary/aromatic N) is 1. The molecule has 2 amide bonds. The van der Waals surface area contributed by atoms with Crippen LogP contribution in [0.15, 0.2) is 52.0 Å². The molecule has 0 aromatic heterocycles. The van der Waals surface area contributed by atoms with Gasteiger partial charge >= 0.3 is 0 Å². The standard InChI is InChI=1S/C20H20BrN3O5/c1-13(23-24-20(26)12-29-16-5-2-14(21)3-6-16)10-19(25)22-15-4-7-17-18(11-15)28-9-8-27-17/h2-7,11H,8-10,12H2,1H3,(H,22,25)(H,24,26)/b23-13+. The van der Waals surface area contributed by atoms with Crippen LogP contribution in [0.2, 0.25) is 0 Å². The van der Waals surface area contributed by atoms with E-state index in [1.54, 1.807) is 37.3 Å². The van der Waals surface area contributed by atoms with Gasteiger partial charge in [-0.05, 0) is 43.3 Å². The number of nitrogens with one attached hydrogen (secondary N) is 2. The third-order valence-electron chi connectivity index (χ3n) is 3.80. The molecule has 0 saturated heterocycles. The van der Waals surface area contributed by atoms with Crippen LogP contribution in [0, 0.1) is 0 Å². The molecule has 1 aliphatic rings. The molecule has 0 bridgehead atoms. The van der Waals surface area contributed by atoms with Gasteiger partial charge in [-0.15, -0.1) is 0 Å². The van der Waals surface area contributed by atoms with Crippen molar-refractivity contribution in [3.63, 3.8) is 0 Å². The van der Waals surface area contributed by atoms with Crippen molar-refractivity contribution in [3.05, 3.63) is 46.9 Å². The SMILES string of the molecule is C/C(CC(=O)Nc1ccc2c(c1)OCCO2)=N\NC(=O)COc1ccc(Br)cc1. The lowest BCUT2D eigenvalue weighted by molar-refractivity contribution is -0.123. The third-order valence-corrected chi connectivity index (χ3v) is 4.33. The number of ether oxygens (including phenoxy) is 3. The molecule has 2 aromatic carbocycles. The van der Waals surface area contributed by atoms with Crippen LogP contribution >= 0.6 is 15.9 Å². The minimum absolute atomic E-state index is 0.0301. The van der Waals surface area contributed by atoms with Crippen LogP contribution in [0.1, 0.15) is 13.3 Å². The van der Waals surface area contributed by atoms with Crippen molar-refractivity contribution >= 4 is 39.1 Å². The fourth-order valence-electron chi connectivity index (χ4n) is 2.47. The maximum absolute atomic E-state index is 12.2. The van der Waals surface area contributed by atoms with E-state index in [-0.39, 0.29) is 18.9 Å². The van der Waals surface area contributed by atoms with Gasteiger partial charge in [0, 0.05) is 21.9 Å². The van der Waals surface area contributed by atoms with Crippen molar-refractivity contribution in [1.82, 2.24) is 5.43 Å². The first-order valence-electron chi connectivity index (χ1n) is 8.89. The Morgan fingerprint density at radius 2 is 1.79 bits per heavy atom. The molecule has 1 heterocycles. The van der Waals surface area contributed by atoms with E-state index in [0.29, 0.717) is 41.9 Å². The Hall–Kier alpha value is -3.07. The second-order valence-corrected chi connectivity index (χ2v) is 7.12. The van der Waals surface area contributed by atoms with Gasteiger partial charge in [0.25, 0.3) is 5.91 Å². The van der Waals surface area contributed by atoms with E-state index in [9.17, 15) is 9.59 Å². The van der Waals surface area contributed by atoms with Crippen LogP contribution < -0.4 is 25.0 Å². The minimum Gasteiger partial charge on any atom is -0.486 e. The Morgan fingerprint density at radius 1 is 1.07 bits per heavy atom. The summed E-state index contributed by atoms with van der Waals surface area (Å²) < 4.78 is 17.2. The highest BCUT2D eigenvalue weighted by Crippen LogP contribution is 2.32. The molecule has 0 saturated carbocycles. The minimum atomic E-state index is -0.417. The summed E-state index contributed by atoms with van der Waals surface area (Å²) >= 11 is 3.33. The fraction of sp³-hybridized carbons (Fsp3) is 0.250. The number of hydrogen-bond donors (Lipinski definition) is 2. The van der Waals surface area contributed by atoms with E-state index in [4.69, 9.17) is 14.2 Å². The average Bonchev–Trinajstić information content (AvgIpc) is 2.71. The molecule has 0 atom stereocenters. The third kappa shape index (κ3) is 6.49. The summed E-state index contributed by atoms with van der Waals surface area (Å²) in [5, 5.41) is 6.69. The topological polar surface area (TPSA) is 98.3 Å². The summed E-state index contributed by atoms with van der Waals surface area (Å²) in [6.07, 6.45) is 0.0301. The van der Waals surface area contributed by atoms with Gasteiger partial charge in [0.15, 0.2) is 18.1 Å². The van der Waals surface area contributed by atoms with E-state index < -0.39 is 5.91 Å². The Balaban J connectivity index is 1.43. The molecular formula is C20H20BrN3O5. The molecule has 29 heavy (non-hydrogen) atoms. The first kappa shape index (κ1) is 20.7. The van der Waals surface area contributed by atoms with Crippen molar-refractivity contribution in [3.8, 4) is 17.2 Å². The van der Waals surface area contributed by atoms with Gasteiger partial charge in [-0.1, -0.05) is 15.9 Å². The maximum Gasteiger partial charge on any atom is 0.277 e. The molecule has 2 aromatic rings. The predicted molar refractivity (Wildman–Crippen MR) is 112 cm³/mol. The smallest absolute Gasteiger partial charge is 0.277 e. The Bertz CT molecular complexity index is 915. The van der Waals surface area contributed by atoms with Gasteiger partial charge in [-0.25, -0.2) is 5.43 Å². The second-order valence-electron chi connectivity index (χ2n) is 6.21. The molecule has 1 aliphatic heterocycles. The lowest BCUT2D eigenvalue weighted by Crippen LogP contribution is -2.26. The van der Waals surface area contributed by atoms with Crippen LogP contribution in [0.25, 0.3) is 0 Å². The first-order chi connectivity index (χ1) is 14.0. The number of fused-ring (bicyclic) bond motifs is 1. The number of carbonyl (C=O) groups excluding carboxylic acids is 2. The number of amides is 2. The molecule has 3 rings (SSSR count). The van der Waals surface area contributed by atoms with E-state index in [2.05, 4.69) is 31.8 Å². The summed E-state index contributed by atoms with van der Waals surface area (Å²) in [6.45, 7) is 2.46. The molecule has 8 nitrogen and oxygen atoms in total. The Labute approximate surface area is 176 Å². The van der Waals surface area contributed by atoms with Crippen molar-refractivity contribution in [2.24, 2.45) is 5.10 Å². The molecular weight excluding hydrogens is 442 g/mol. The van der Waals surface area contributed by atoms with Gasteiger partial charge in [0.1, 0.15) is 19.0 Å². The molecule has 0 unspecified atom stereocenters. The number of hydrogen-bond acceptors (Lipinski definition) is 6. The van der Waals surface area contributed by atoms with Gasteiger partial charge in [0.05, 0.1) is 6.42 Å². The highest BCUT2D eigenvalue weighted by atomic mass is 79.9. The molecule has 0 aliphatic carbocycles. The summed E-state index contributed by atoms with van der Waals surface area (Å²) in [7, 11) is 0. The molecule has 0 fully saturated rings. The molecule has 0 spiro atoms. The Kier molecular flexibility index (Phi) is 7.07. The van der Waals surface area contributed by atoms with Gasteiger partial charge in [0.2, 0.25) is 5.91 Å². The fourth-order valence-corrected chi connectivity index (χ4v) is 2.73. The van der Waals surface area contributed by atoms with E-state index >= 15 is 0 Å². The monoisotopic (exact) mass is 461 g/mol. The molecule has 2 N–H and O–H groups in total. The lowest BCUT2D eigenvalue weighted by atomic mass is 10.2. The summed E-state index contributed by atoms with van der Waals surface area (Å²) in [6, 6.07) is 12.3. The number of rotatable bonds is 7.